The van der Waals surface area contributed by atoms with E-state index in [0.29, 0.717) is 6.61 Å². The molecule has 1 N–H and O–H groups in total. The van der Waals surface area contributed by atoms with Crippen LogP contribution in [-0.4, -0.2) is 34.8 Å². The lowest BCUT2D eigenvalue weighted by atomic mass is 10.2. The van der Waals surface area contributed by atoms with E-state index in [2.05, 4.69) is 21.8 Å². The van der Waals surface area contributed by atoms with Gasteiger partial charge in [0.05, 0.1) is 18.6 Å². The molecule has 3 rings (SSSR count). The van der Waals surface area contributed by atoms with Gasteiger partial charge in [0, 0.05) is 26.4 Å². The van der Waals surface area contributed by atoms with Gasteiger partial charge in [0.15, 0.2) is 17.2 Å². The predicted molar refractivity (Wildman–Crippen MR) is 95.1 cm³/mol. The second-order valence-corrected chi connectivity index (χ2v) is 5.72. The third-order valence-corrected chi connectivity index (χ3v) is 3.98. The molecule has 0 aliphatic carbocycles. The first-order valence-electron chi connectivity index (χ1n) is 8.47. The molecular weight excluding hydrogens is 304 g/mol. The van der Waals surface area contributed by atoms with Gasteiger partial charge >= 0.3 is 0 Å². The highest BCUT2D eigenvalue weighted by Crippen LogP contribution is 2.28. The highest BCUT2D eigenvalue weighted by atomic mass is 16.5. The highest BCUT2D eigenvalue weighted by molar-refractivity contribution is 5.88. The molecular formula is C18H24N4O2. The van der Waals surface area contributed by atoms with Crippen molar-refractivity contribution in [2.24, 2.45) is 0 Å². The molecule has 0 bridgehead atoms. The van der Waals surface area contributed by atoms with Crippen molar-refractivity contribution in [3.8, 4) is 11.6 Å². The molecule has 3 aromatic heterocycles. The summed E-state index contributed by atoms with van der Waals surface area (Å²) in [4.78, 5) is 9.38. The number of imidazole rings is 1. The number of hydrogen-bond acceptors (Lipinski definition) is 5. The Balaban J connectivity index is 2.00. The normalized spacial score (nSPS) is 11.2. The monoisotopic (exact) mass is 328 g/mol. The smallest absolute Gasteiger partial charge is 0.178 e. The van der Waals surface area contributed by atoms with Gasteiger partial charge in [0.2, 0.25) is 0 Å². The molecule has 6 nitrogen and oxygen atoms in total. The number of aromatic nitrogens is 3. The maximum absolute atomic E-state index is 5.58. The number of unbranched alkanes of at least 4 members (excludes halogenated alkanes) is 2. The molecule has 24 heavy (non-hydrogen) atoms. The zero-order valence-electron chi connectivity index (χ0n) is 14.3. The largest absolute Gasteiger partial charge is 0.461 e. The minimum atomic E-state index is 0.645. The fraction of sp³-hybridized carbons (Fsp3) is 0.444. The van der Waals surface area contributed by atoms with Crippen LogP contribution in [0.15, 0.2) is 35.1 Å². The number of nitrogens with zero attached hydrogens (tertiary/aromatic N) is 3. The quantitative estimate of drug-likeness (QED) is 0.603. The molecule has 0 amide bonds. The SMILES string of the molecule is CCCCCn1c(-c2ccco2)nc2c(NCCOC)ccnc21. The molecule has 0 saturated heterocycles. The van der Waals surface area contributed by atoms with Gasteiger partial charge in [-0.3, -0.25) is 0 Å². The Morgan fingerprint density at radius 1 is 1.29 bits per heavy atom. The van der Waals surface area contributed by atoms with Crippen molar-refractivity contribution < 1.29 is 9.15 Å². The summed E-state index contributed by atoms with van der Waals surface area (Å²) in [6, 6.07) is 5.78. The van der Waals surface area contributed by atoms with Crippen molar-refractivity contribution in [3.63, 3.8) is 0 Å². The molecule has 3 heterocycles. The Bertz CT molecular complexity index is 765. The minimum absolute atomic E-state index is 0.645. The number of methoxy groups -OCH3 is 1. The lowest BCUT2D eigenvalue weighted by Crippen LogP contribution is -2.08. The molecule has 0 atom stereocenters. The van der Waals surface area contributed by atoms with Crippen LogP contribution in [0.4, 0.5) is 5.69 Å². The van der Waals surface area contributed by atoms with Crippen molar-refractivity contribution in [1.29, 1.82) is 0 Å². The first-order valence-corrected chi connectivity index (χ1v) is 8.47. The number of anilines is 1. The number of nitrogens with one attached hydrogen (secondary N) is 1. The van der Waals surface area contributed by atoms with Gasteiger partial charge in [0.25, 0.3) is 0 Å². The van der Waals surface area contributed by atoms with Gasteiger partial charge in [-0.15, -0.1) is 0 Å². The average Bonchev–Trinajstić information content (AvgIpc) is 3.23. The summed E-state index contributed by atoms with van der Waals surface area (Å²) < 4.78 is 12.9. The van der Waals surface area contributed by atoms with Crippen LogP contribution in [0.1, 0.15) is 26.2 Å². The number of pyridine rings is 1. The average molecular weight is 328 g/mol. The van der Waals surface area contributed by atoms with Gasteiger partial charge in [-0.25, -0.2) is 9.97 Å². The number of hydrogen-bond donors (Lipinski definition) is 1. The number of fused-ring (bicyclic) bond motifs is 1. The Kier molecular flexibility index (Phi) is 5.48. The standard InChI is InChI=1S/C18H24N4O2/c1-3-4-5-11-22-17(15-7-6-12-24-15)21-16-14(19-10-13-23-2)8-9-20-18(16)22/h6-9,12H,3-5,10-11,13H2,1-2H3,(H,19,20). The van der Waals surface area contributed by atoms with E-state index < -0.39 is 0 Å². The summed E-state index contributed by atoms with van der Waals surface area (Å²) >= 11 is 0. The topological polar surface area (TPSA) is 65.1 Å². The lowest BCUT2D eigenvalue weighted by molar-refractivity contribution is 0.211. The highest BCUT2D eigenvalue weighted by Gasteiger charge is 2.17. The maximum atomic E-state index is 5.58. The number of rotatable bonds is 9. The van der Waals surface area contributed by atoms with E-state index in [4.69, 9.17) is 14.1 Å². The van der Waals surface area contributed by atoms with Crippen LogP contribution >= 0.6 is 0 Å². The van der Waals surface area contributed by atoms with Crippen LogP contribution in [0, 0.1) is 0 Å². The Morgan fingerprint density at radius 2 is 2.21 bits per heavy atom. The van der Waals surface area contributed by atoms with Crippen LogP contribution in [0.5, 0.6) is 0 Å². The minimum Gasteiger partial charge on any atom is -0.461 e. The summed E-state index contributed by atoms with van der Waals surface area (Å²) in [5.41, 5.74) is 2.73. The zero-order chi connectivity index (χ0) is 16.8. The lowest BCUT2D eigenvalue weighted by Gasteiger charge is -2.08. The van der Waals surface area contributed by atoms with E-state index in [9.17, 15) is 0 Å². The van der Waals surface area contributed by atoms with Crippen LogP contribution in [0.25, 0.3) is 22.7 Å². The first-order chi connectivity index (χ1) is 11.8. The summed E-state index contributed by atoms with van der Waals surface area (Å²) in [5.74, 6) is 1.60. The Hall–Kier alpha value is -2.34. The molecule has 0 aromatic carbocycles. The molecule has 0 aliphatic heterocycles. The van der Waals surface area contributed by atoms with E-state index in [1.54, 1.807) is 13.4 Å². The summed E-state index contributed by atoms with van der Waals surface area (Å²) in [6.45, 7) is 4.46. The number of furan rings is 1. The van der Waals surface area contributed by atoms with Crippen LogP contribution in [0.3, 0.4) is 0 Å². The van der Waals surface area contributed by atoms with Gasteiger partial charge in [-0.05, 0) is 24.6 Å². The molecule has 128 valence electrons. The van der Waals surface area contributed by atoms with Crippen LogP contribution < -0.4 is 5.32 Å². The molecule has 0 spiro atoms. The van der Waals surface area contributed by atoms with E-state index in [1.807, 2.05) is 24.4 Å². The van der Waals surface area contributed by atoms with Gasteiger partial charge in [0.1, 0.15) is 5.52 Å². The summed E-state index contributed by atoms with van der Waals surface area (Å²) in [5, 5.41) is 3.37. The summed E-state index contributed by atoms with van der Waals surface area (Å²) in [7, 11) is 1.70. The molecule has 0 radical (unpaired) electrons. The Labute approximate surface area is 141 Å². The summed E-state index contributed by atoms with van der Waals surface area (Å²) in [6.07, 6.45) is 6.96. The second-order valence-electron chi connectivity index (χ2n) is 5.72. The van der Waals surface area contributed by atoms with Crippen LogP contribution in [0.2, 0.25) is 0 Å². The van der Waals surface area contributed by atoms with E-state index in [0.717, 1.165) is 47.9 Å². The molecule has 0 aliphatic rings. The fourth-order valence-electron chi connectivity index (χ4n) is 2.77. The van der Waals surface area contributed by atoms with E-state index >= 15 is 0 Å². The van der Waals surface area contributed by atoms with Crippen molar-refractivity contribution in [2.45, 2.75) is 32.7 Å². The molecule has 0 unspecified atom stereocenters. The van der Waals surface area contributed by atoms with Crippen molar-refractivity contribution in [1.82, 2.24) is 14.5 Å². The van der Waals surface area contributed by atoms with Gasteiger partial charge in [-0.2, -0.15) is 0 Å². The third kappa shape index (κ3) is 3.43. The fourth-order valence-corrected chi connectivity index (χ4v) is 2.77. The Morgan fingerprint density at radius 3 is 2.96 bits per heavy atom. The first kappa shape index (κ1) is 16.5. The van der Waals surface area contributed by atoms with E-state index in [-0.39, 0.29) is 0 Å². The van der Waals surface area contributed by atoms with Crippen LogP contribution in [-0.2, 0) is 11.3 Å². The number of ether oxygens (including phenoxy) is 1. The zero-order valence-corrected chi connectivity index (χ0v) is 14.3. The molecule has 3 aromatic rings. The molecule has 6 heteroatoms. The predicted octanol–water partition coefficient (Wildman–Crippen LogP) is 3.94. The van der Waals surface area contributed by atoms with Gasteiger partial charge < -0.3 is 19.0 Å². The third-order valence-electron chi connectivity index (χ3n) is 3.98. The van der Waals surface area contributed by atoms with Crippen molar-refractivity contribution >= 4 is 16.9 Å². The van der Waals surface area contributed by atoms with Gasteiger partial charge in [-0.1, -0.05) is 19.8 Å². The second kappa shape index (κ2) is 7.97. The maximum Gasteiger partial charge on any atom is 0.178 e. The van der Waals surface area contributed by atoms with Crippen molar-refractivity contribution in [3.05, 3.63) is 30.7 Å². The number of aryl methyl sites for hydroxylation is 1. The molecule has 0 saturated carbocycles. The van der Waals surface area contributed by atoms with Crippen molar-refractivity contribution in [2.75, 3.05) is 25.6 Å². The van der Waals surface area contributed by atoms with E-state index in [1.165, 1.54) is 12.8 Å². The molecule has 0 fully saturated rings.